The van der Waals surface area contributed by atoms with Gasteiger partial charge in [0, 0.05) is 43.3 Å². The highest BCUT2D eigenvalue weighted by Gasteiger charge is 2.34. The first-order valence-electron chi connectivity index (χ1n) is 11.6. The van der Waals surface area contributed by atoms with Crippen LogP contribution < -0.4 is 0 Å². The summed E-state index contributed by atoms with van der Waals surface area (Å²) in [6.07, 6.45) is -5.27. The number of benzene rings is 3. The number of piperazine rings is 1. The van der Waals surface area contributed by atoms with E-state index >= 15 is 0 Å². The van der Waals surface area contributed by atoms with Gasteiger partial charge in [-0.05, 0) is 48.0 Å². The largest absolute Gasteiger partial charge is 0.416 e. The zero-order valence-electron chi connectivity index (χ0n) is 20.0. The van der Waals surface area contributed by atoms with E-state index in [2.05, 4.69) is 0 Å². The lowest BCUT2D eigenvalue weighted by Gasteiger charge is -2.36. The van der Waals surface area contributed by atoms with Crippen molar-refractivity contribution in [3.63, 3.8) is 0 Å². The predicted molar refractivity (Wildman–Crippen MR) is 132 cm³/mol. The summed E-state index contributed by atoms with van der Waals surface area (Å²) in [6.45, 7) is 0.617. The van der Waals surface area contributed by atoms with E-state index in [1.807, 2.05) is 4.90 Å². The lowest BCUT2D eigenvalue weighted by molar-refractivity contribution is -0.137. The molecule has 0 N–H and O–H groups in total. The van der Waals surface area contributed by atoms with Crippen LogP contribution in [0.15, 0.2) is 71.6 Å². The highest BCUT2D eigenvalue weighted by Crippen LogP contribution is 2.31. The summed E-state index contributed by atoms with van der Waals surface area (Å²) < 4.78 is 101. The average molecular weight is 575 g/mol. The van der Waals surface area contributed by atoms with Gasteiger partial charge in [-0.25, -0.2) is 17.2 Å². The van der Waals surface area contributed by atoms with E-state index in [0.29, 0.717) is 16.7 Å². The Morgan fingerprint density at radius 3 is 2.11 bits per heavy atom. The minimum absolute atomic E-state index is 0.0495. The van der Waals surface area contributed by atoms with Crippen molar-refractivity contribution in [2.45, 2.75) is 23.8 Å². The Bertz CT molecular complexity index is 1340. The fourth-order valence-electron chi connectivity index (χ4n) is 4.15. The Balaban J connectivity index is 1.45. The smallest absolute Gasteiger partial charge is 0.367 e. The van der Waals surface area contributed by atoms with E-state index in [1.54, 1.807) is 24.3 Å². The number of rotatable bonds is 8. The van der Waals surface area contributed by atoms with Crippen molar-refractivity contribution in [3.8, 4) is 0 Å². The van der Waals surface area contributed by atoms with Crippen LogP contribution in [0, 0.1) is 11.6 Å². The monoisotopic (exact) mass is 574 g/mol. The third-order valence-corrected chi connectivity index (χ3v) is 8.43. The van der Waals surface area contributed by atoms with Crippen molar-refractivity contribution in [2.24, 2.45) is 0 Å². The fourth-order valence-corrected chi connectivity index (χ4v) is 5.75. The number of ether oxygens (including phenoxy) is 1. The molecule has 1 aliphatic rings. The fraction of sp³-hybridized carbons (Fsp3) is 0.308. The van der Waals surface area contributed by atoms with Crippen LogP contribution in [0.2, 0.25) is 5.02 Å². The first kappa shape index (κ1) is 28.4. The maximum atomic E-state index is 14.1. The molecule has 0 radical (unpaired) electrons. The first-order valence-corrected chi connectivity index (χ1v) is 13.5. The molecule has 1 fully saturated rings. The molecular weight excluding hydrogens is 551 g/mol. The summed E-state index contributed by atoms with van der Waals surface area (Å²) in [4.78, 5) is 1.50. The molecule has 3 aromatic rings. The zero-order valence-corrected chi connectivity index (χ0v) is 21.5. The van der Waals surface area contributed by atoms with Gasteiger partial charge in [-0.3, -0.25) is 4.90 Å². The van der Waals surface area contributed by atoms with E-state index in [4.69, 9.17) is 16.3 Å². The van der Waals surface area contributed by atoms with E-state index in [-0.39, 0.29) is 44.9 Å². The molecule has 3 aromatic carbocycles. The van der Waals surface area contributed by atoms with Gasteiger partial charge in [-0.15, -0.1) is 0 Å². The predicted octanol–water partition coefficient (Wildman–Crippen LogP) is 5.90. The molecule has 1 aliphatic heterocycles. The van der Waals surface area contributed by atoms with Crippen molar-refractivity contribution < 1.29 is 35.1 Å². The van der Waals surface area contributed by atoms with Gasteiger partial charge >= 0.3 is 6.18 Å². The highest BCUT2D eigenvalue weighted by atomic mass is 35.5. The number of hydrogen-bond acceptors (Lipinski definition) is 4. The van der Waals surface area contributed by atoms with Crippen LogP contribution in [0.4, 0.5) is 22.0 Å². The molecule has 0 amide bonds. The van der Waals surface area contributed by atoms with E-state index in [1.165, 1.54) is 6.07 Å². The Kier molecular flexibility index (Phi) is 8.73. The molecule has 1 atom stereocenters. The third-order valence-electron chi connectivity index (χ3n) is 6.29. The number of halogens is 6. The van der Waals surface area contributed by atoms with E-state index < -0.39 is 44.4 Å². The van der Waals surface area contributed by atoms with Crippen LogP contribution in [0.5, 0.6) is 0 Å². The van der Waals surface area contributed by atoms with Crippen molar-refractivity contribution >= 4 is 21.6 Å². The van der Waals surface area contributed by atoms with Crippen LogP contribution in [0.1, 0.15) is 22.8 Å². The molecule has 0 aromatic heterocycles. The molecule has 0 unspecified atom stereocenters. The molecule has 38 heavy (non-hydrogen) atoms. The zero-order chi connectivity index (χ0) is 27.5. The van der Waals surface area contributed by atoms with E-state index in [0.717, 1.165) is 34.6 Å². The molecule has 5 nitrogen and oxygen atoms in total. The number of nitrogens with zero attached hydrogens (tertiary/aromatic N) is 2. The molecule has 12 heteroatoms. The maximum Gasteiger partial charge on any atom is 0.416 e. The molecular formula is C26H24ClF5N2O3S. The van der Waals surface area contributed by atoms with Crippen LogP contribution >= 0.6 is 11.6 Å². The molecule has 204 valence electrons. The van der Waals surface area contributed by atoms with Crippen LogP contribution in [-0.2, 0) is 27.5 Å². The molecule has 1 saturated heterocycles. The minimum atomic E-state index is -4.66. The Labute approximate surface area is 222 Å². The van der Waals surface area contributed by atoms with Gasteiger partial charge in [0.2, 0.25) is 10.0 Å². The van der Waals surface area contributed by atoms with E-state index in [9.17, 15) is 30.4 Å². The van der Waals surface area contributed by atoms with Crippen molar-refractivity contribution in [3.05, 3.63) is 100 Å². The second-order valence-corrected chi connectivity index (χ2v) is 11.2. The lowest BCUT2D eigenvalue weighted by atomic mass is 10.1. The molecule has 0 bridgehead atoms. The van der Waals surface area contributed by atoms with Gasteiger partial charge in [0.1, 0.15) is 11.6 Å². The summed E-state index contributed by atoms with van der Waals surface area (Å²) >= 11 is 5.99. The van der Waals surface area contributed by atoms with Gasteiger partial charge in [0.25, 0.3) is 0 Å². The molecule has 0 aliphatic carbocycles. The van der Waals surface area contributed by atoms with Gasteiger partial charge < -0.3 is 4.74 Å². The summed E-state index contributed by atoms with van der Waals surface area (Å²) in [6, 6.07) is 14.0. The van der Waals surface area contributed by atoms with Crippen LogP contribution in [0.3, 0.4) is 0 Å². The standard InChI is InChI=1S/C26H24ClF5N2O3S/c27-20-9-7-18(8-10-20)25(37-17-22-23(28)5-2-6-24(22)29)16-33-11-13-34(14-12-33)38(35,36)21-4-1-3-19(15-21)26(30,31)32/h1-10,15,25H,11-14,16-17H2/t25-/m0/s1. The molecule has 1 heterocycles. The second-order valence-electron chi connectivity index (χ2n) is 8.78. The number of sulfonamides is 1. The lowest BCUT2D eigenvalue weighted by Crippen LogP contribution is -2.49. The van der Waals surface area contributed by atoms with Crippen molar-refractivity contribution in [1.29, 1.82) is 0 Å². The summed E-state index contributed by atoms with van der Waals surface area (Å²) in [7, 11) is -4.13. The SMILES string of the molecule is O=S(=O)(c1cccc(C(F)(F)F)c1)N1CCN(C[C@H](OCc2c(F)cccc2F)c2ccc(Cl)cc2)CC1. The average Bonchev–Trinajstić information content (AvgIpc) is 2.88. The first-order chi connectivity index (χ1) is 17.9. The summed E-state index contributed by atoms with van der Waals surface area (Å²) in [5.41, 5.74) is -0.528. The van der Waals surface area contributed by atoms with Crippen LogP contribution in [-0.4, -0.2) is 50.3 Å². The van der Waals surface area contributed by atoms with Gasteiger partial charge in [-0.2, -0.15) is 17.5 Å². The molecule has 0 saturated carbocycles. The third kappa shape index (κ3) is 6.70. The van der Waals surface area contributed by atoms with Gasteiger partial charge in [0.05, 0.1) is 23.2 Å². The van der Waals surface area contributed by atoms with Crippen LogP contribution in [0.25, 0.3) is 0 Å². The number of alkyl halides is 3. The number of hydrogen-bond donors (Lipinski definition) is 0. The second kappa shape index (κ2) is 11.7. The Morgan fingerprint density at radius 2 is 1.50 bits per heavy atom. The minimum Gasteiger partial charge on any atom is -0.367 e. The quantitative estimate of drug-likeness (QED) is 0.314. The van der Waals surface area contributed by atoms with Gasteiger partial charge in [0.15, 0.2) is 0 Å². The van der Waals surface area contributed by atoms with Crippen molar-refractivity contribution in [1.82, 2.24) is 9.21 Å². The van der Waals surface area contributed by atoms with Gasteiger partial charge in [-0.1, -0.05) is 35.9 Å². The van der Waals surface area contributed by atoms with Crippen molar-refractivity contribution in [2.75, 3.05) is 32.7 Å². The summed E-state index contributed by atoms with van der Waals surface area (Å²) in [5.74, 6) is -1.46. The molecule has 4 rings (SSSR count). The Hall–Kier alpha value is -2.57. The normalized spacial score (nSPS) is 16.5. The Morgan fingerprint density at radius 1 is 0.895 bits per heavy atom. The maximum absolute atomic E-state index is 14.1. The topological polar surface area (TPSA) is 49.9 Å². The molecule has 0 spiro atoms. The highest BCUT2D eigenvalue weighted by molar-refractivity contribution is 7.89. The summed E-state index contributed by atoms with van der Waals surface area (Å²) in [5, 5.41) is 0.501.